The molecular weight excluding hydrogens is 426 g/mol. The number of hydrogen-bond donors (Lipinski definition) is 1. The van der Waals surface area contributed by atoms with Crippen LogP contribution in [-0.2, 0) is 9.59 Å². The monoisotopic (exact) mass is 448 g/mol. The maximum atomic E-state index is 13.7. The first-order valence-electron chi connectivity index (χ1n) is 10.5. The molecule has 0 aliphatic carbocycles. The number of nitrogens with one attached hydrogen (secondary N) is 1. The predicted molar refractivity (Wildman–Crippen MR) is 123 cm³/mol. The highest BCUT2D eigenvalue weighted by molar-refractivity contribution is 6.46. The van der Waals surface area contributed by atoms with E-state index in [1.165, 1.54) is 6.07 Å². The molecule has 1 aliphatic heterocycles. The Kier molecular flexibility index (Phi) is 6.22. The van der Waals surface area contributed by atoms with E-state index in [1.54, 1.807) is 54.6 Å². The van der Waals surface area contributed by atoms with Gasteiger partial charge in [-0.2, -0.15) is 0 Å². The standard InChI is InChI=1S/C26H22F2N2O3/c1-16(2)15-33-20-11-9-19(10-12-20)30-25(31)23(17-6-4-3-5-7-17)24(26(30)32)29-18-8-13-21(27)22(28)14-18/h3-14,16,29H,15H2,1-2H3. The largest absolute Gasteiger partial charge is 0.493 e. The Labute approximate surface area is 190 Å². The first kappa shape index (κ1) is 22.2. The molecular formula is C26H22F2N2O3. The molecule has 1 N–H and O–H groups in total. The highest BCUT2D eigenvalue weighted by atomic mass is 19.2. The second-order valence-electron chi connectivity index (χ2n) is 8.01. The molecule has 5 nitrogen and oxygen atoms in total. The molecule has 1 aliphatic rings. The Morgan fingerprint density at radius 3 is 2.21 bits per heavy atom. The van der Waals surface area contributed by atoms with E-state index in [2.05, 4.69) is 5.32 Å². The summed E-state index contributed by atoms with van der Waals surface area (Å²) >= 11 is 0. The zero-order valence-electron chi connectivity index (χ0n) is 18.1. The molecule has 0 atom stereocenters. The van der Waals surface area contributed by atoms with Gasteiger partial charge >= 0.3 is 0 Å². The van der Waals surface area contributed by atoms with E-state index < -0.39 is 23.4 Å². The number of carbonyl (C=O) groups is 2. The normalized spacial score (nSPS) is 13.8. The van der Waals surface area contributed by atoms with Crippen LogP contribution in [0, 0.1) is 17.6 Å². The van der Waals surface area contributed by atoms with Gasteiger partial charge in [0.15, 0.2) is 11.6 Å². The molecule has 2 amide bonds. The van der Waals surface area contributed by atoms with E-state index >= 15 is 0 Å². The molecule has 7 heteroatoms. The fourth-order valence-corrected chi connectivity index (χ4v) is 3.43. The fourth-order valence-electron chi connectivity index (χ4n) is 3.43. The van der Waals surface area contributed by atoms with Crippen molar-refractivity contribution in [2.75, 3.05) is 16.8 Å². The number of carbonyl (C=O) groups excluding carboxylic acids is 2. The van der Waals surface area contributed by atoms with Gasteiger partial charge in [-0.1, -0.05) is 44.2 Å². The highest BCUT2D eigenvalue weighted by Gasteiger charge is 2.40. The van der Waals surface area contributed by atoms with Gasteiger partial charge in [-0.25, -0.2) is 13.7 Å². The van der Waals surface area contributed by atoms with Gasteiger partial charge in [0.1, 0.15) is 11.4 Å². The Bertz CT molecular complexity index is 1220. The number of ether oxygens (including phenoxy) is 1. The number of imide groups is 1. The predicted octanol–water partition coefficient (Wildman–Crippen LogP) is 5.40. The molecule has 0 fully saturated rings. The second kappa shape index (κ2) is 9.24. The Morgan fingerprint density at radius 2 is 1.58 bits per heavy atom. The van der Waals surface area contributed by atoms with Crippen LogP contribution in [0.2, 0.25) is 0 Å². The first-order chi connectivity index (χ1) is 15.8. The van der Waals surface area contributed by atoms with Crippen LogP contribution in [0.4, 0.5) is 20.2 Å². The van der Waals surface area contributed by atoms with Crippen LogP contribution in [0.1, 0.15) is 19.4 Å². The molecule has 0 spiro atoms. The number of amides is 2. The zero-order valence-corrected chi connectivity index (χ0v) is 18.1. The summed E-state index contributed by atoms with van der Waals surface area (Å²) in [6.07, 6.45) is 0. The number of benzene rings is 3. The highest BCUT2D eigenvalue weighted by Crippen LogP contribution is 2.34. The first-order valence-corrected chi connectivity index (χ1v) is 10.5. The van der Waals surface area contributed by atoms with Crippen molar-refractivity contribution in [2.45, 2.75) is 13.8 Å². The molecule has 0 saturated heterocycles. The van der Waals surface area contributed by atoms with Gasteiger partial charge in [-0.3, -0.25) is 9.59 Å². The summed E-state index contributed by atoms with van der Waals surface area (Å²) in [5, 5.41) is 2.82. The van der Waals surface area contributed by atoms with E-state index in [1.807, 2.05) is 13.8 Å². The molecule has 168 valence electrons. The third kappa shape index (κ3) is 4.62. The molecule has 0 bridgehead atoms. The lowest BCUT2D eigenvalue weighted by molar-refractivity contribution is -0.120. The van der Waals surface area contributed by atoms with Gasteiger partial charge < -0.3 is 10.1 Å². The van der Waals surface area contributed by atoms with Gasteiger partial charge in [-0.05, 0) is 47.9 Å². The number of anilines is 2. The average Bonchev–Trinajstić information content (AvgIpc) is 3.05. The van der Waals surface area contributed by atoms with Gasteiger partial charge in [-0.15, -0.1) is 0 Å². The van der Waals surface area contributed by atoms with Crippen molar-refractivity contribution in [1.29, 1.82) is 0 Å². The third-order valence-electron chi connectivity index (χ3n) is 5.01. The van der Waals surface area contributed by atoms with Gasteiger partial charge in [0.25, 0.3) is 11.8 Å². The van der Waals surface area contributed by atoms with E-state index in [4.69, 9.17) is 4.74 Å². The van der Waals surface area contributed by atoms with Crippen LogP contribution in [0.25, 0.3) is 5.57 Å². The quantitative estimate of drug-likeness (QED) is 0.492. The van der Waals surface area contributed by atoms with Crippen molar-refractivity contribution in [3.8, 4) is 5.75 Å². The van der Waals surface area contributed by atoms with Crippen molar-refractivity contribution in [2.24, 2.45) is 5.92 Å². The summed E-state index contributed by atoms with van der Waals surface area (Å²) in [6, 6.07) is 18.6. The summed E-state index contributed by atoms with van der Waals surface area (Å²) in [6.45, 7) is 4.62. The number of nitrogens with zero attached hydrogens (tertiary/aromatic N) is 1. The summed E-state index contributed by atoms with van der Waals surface area (Å²) in [4.78, 5) is 27.8. The lowest BCUT2D eigenvalue weighted by Crippen LogP contribution is -2.32. The maximum absolute atomic E-state index is 13.7. The van der Waals surface area contributed by atoms with E-state index in [-0.39, 0.29) is 17.0 Å². The SMILES string of the molecule is CC(C)COc1ccc(N2C(=O)C(Nc3ccc(F)c(F)c3)=C(c3ccccc3)C2=O)cc1. The molecule has 0 saturated carbocycles. The number of hydrogen-bond acceptors (Lipinski definition) is 4. The minimum absolute atomic E-state index is 0.0163. The molecule has 3 aromatic carbocycles. The van der Waals surface area contributed by atoms with E-state index in [0.29, 0.717) is 29.5 Å². The van der Waals surface area contributed by atoms with Crippen molar-refractivity contribution < 1.29 is 23.1 Å². The summed E-state index contributed by atoms with van der Waals surface area (Å²) in [7, 11) is 0. The van der Waals surface area contributed by atoms with Crippen LogP contribution in [0.5, 0.6) is 5.75 Å². The average molecular weight is 448 g/mol. The smallest absolute Gasteiger partial charge is 0.282 e. The molecule has 1 heterocycles. The fraction of sp³-hybridized carbons (Fsp3) is 0.154. The minimum Gasteiger partial charge on any atom is -0.493 e. The lowest BCUT2D eigenvalue weighted by Gasteiger charge is -2.16. The van der Waals surface area contributed by atoms with E-state index in [0.717, 1.165) is 17.0 Å². The Hall–Kier alpha value is -4.00. The minimum atomic E-state index is -1.06. The topological polar surface area (TPSA) is 58.6 Å². The molecule has 0 aromatic heterocycles. The summed E-state index contributed by atoms with van der Waals surface area (Å²) in [5.41, 5.74) is 1.18. The number of halogens is 2. The third-order valence-corrected chi connectivity index (χ3v) is 5.01. The van der Waals surface area contributed by atoms with Crippen LogP contribution in [0.3, 0.4) is 0 Å². The van der Waals surface area contributed by atoms with Crippen molar-refractivity contribution >= 4 is 28.8 Å². The lowest BCUT2D eigenvalue weighted by atomic mass is 10.0. The summed E-state index contributed by atoms with van der Waals surface area (Å²) in [5.74, 6) is -2.20. The van der Waals surface area contributed by atoms with Gasteiger partial charge in [0, 0.05) is 11.8 Å². The molecule has 3 aromatic rings. The molecule has 4 rings (SSSR count). The molecule has 0 radical (unpaired) electrons. The van der Waals surface area contributed by atoms with Crippen LogP contribution in [-0.4, -0.2) is 18.4 Å². The number of rotatable bonds is 7. The van der Waals surface area contributed by atoms with E-state index in [9.17, 15) is 18.4 Å². The van der Waals surface area contributed by atoms with Crippen LogP contribution < -0.4 is 15.0 Å². The van der Waals surface area contributed by atoms with Crippen molar-refractivity contribution in [1.82, 2.24) is 0 Å². The van der Waals surface area contributed by atoms with Crippen LogP contribution in [0.15, 0.2) is 78.5 Å². The summed E-state index contributed by atoms with van der Waals surface area (Å²) < 4.78 is 32.8. The van der Waals surface area contributed by atoms with Gasteiger partial charge in [0.05, 0.1) is 17.9 Å². The van der Waals surface area contributed by atoms with Crippen molar-refractivity contribution in [3.63, 3.8) is 0 Å². The molecule has 33 heavy (non-hydrogen) atoms. The molecule has 0 unspecified atom stereocenters. The second-order valence-corrected chi connectivity index (χ2v) is 8.01. The van der Waals surface area contributed by atoms with Crippen LogP contribution >= 0.6 is 0 Å². The van der Waals surface area contributed by atoms with Crippen molar-refractivity contribution in [3.05, 3.63) is 95.7 Å². The maximum Gasteiger partial charge on any atom is 0.282 e. The Balaban J connectivity index is 1.69. The Morgan fingerprint density at radius 1 is 0.879 bits per heavy atom. The van der Waals surface area contributed by atoms with Gasteiger partial charge in [0.2, 0.25) is 0 Å². The zero-order chi connectivity index (χ0) is 23.5.